The van der Waals surface area contributed by atoms with Crippen LogP contribution in [0.15, 0.2) is 24.3 Å². The molecule has 0 spiro atoms. The maximum atomic E-state index is 12.4. The Labute approximate surface area is 122 Å². The van der Waals surface area contributed by atoms with Crippen molar-refractivity contribution in [1.29, 1.82) is 0 Å². The highest BCUT2D eigenvalue weighted by molar-refractivity contribution is 6.06. The number of hydrogen-bond acceptors (Lipinski definition) is 4. The third-order valence-electron chi connectivity index (χ3n) is 4.11. The van der Waals surface area contributed by atoms with Gasteiger partial charge in [-0.3, -0.25) is 19.3 Å². The van der Waals surface area contributed by atoms with E-state index in [9.17, 15) is 14.4 Å². The summed E-state index contributed by atoms with van der Waals surface area (Å²) < 4.78 is 0. The fraction of sp³-hybridized carbons (Fsp3) is 0.400. The second kappa shape index (κ2) is 5.29. The molecule has 110 valence electrons. The number of benzene rings is 1. The Bertz CT molecular complexity index is 614. The minimum Gasteiger partial charge on any atom is -0.343 e. The fourth-order valence-electron chi connectivity index (χ4n) is 2.87. The number of nitrogens with one attached hydrogen (secondary N) is 2. The van der Waals surface area contributed by atoms with E-state index in [2.05, 4.69) is 10.6 Å². The molecule has 2 aliphatic rings. The average Bonchev–Trinajstić information content (AvgIpc) is 2.74. The molecular weight excluding hydrogens is 270 g/mol. The van der Waals surface area contributed by atoms with Gasteiger partial charge >= 0.3 is 0 Å². The van der Waals surface area contributed by atoms with Crippen LogP contribution in [0.3, 0.4) is 0 Å². The summed E-state index contributed by atoms with van der Waals surface area (Å²) in [7, 11) is 1.44. The van der Waals surface area contributed by atoms with Crippen LogP contribution in [0.1, 0.15) is 23.5 Å². The van der Waals surface area contributed by atoms with Crippen molar-refractivity contribution in [3.8, 4) is 0 Å². The number of carbonyl (C=O) groups excluding carboxylic acids is 3. The lowest BCUT2D eigenvalue weighted by atomic mass is 9.90. The molecule has 0 bridgehead atoms. The molecule has 2 N–H and O–H groups in total. The van der Waals surface area contributed by atoms with Gasteiger partial charge in [-0.05, 0) is 11.1 Å². The van der Waals surface area contributed by atoms with Crippen molar-refractivity contribution in [2.45, 2.75) is 24.9 Å². The molecule has 1 aromatic carbocycles. The van der Waals surface area contributed by atoms with Crippen molar-refractivity contribution >= 4 is 17.7 Å². The Kier molecular flexibility index (Phi) is 3.47. The smallest absolute Gasteiger partial charge is 0.252 e. The topological polar surface area (TPSA) is 78.5 Å². The summed E-state index contributed by atoms with van der Waals surface area (Å²) in [5, 5.41) is 5.91. The standard InChI is InChI=1S/C15H17N3O3/c1-18-13(19)6-12(15(18)21)17-14(20)11-8-16-7-9-4-2-3-5-10(9)11/h2-5,11-12,16H,6-8H2,1H3,(H,17,20). The van der Waals surface area contributed by atoms with Crippen LogP contribution in [0, 0.1) is 0 Å². The van der Waals surface area contributed by atoms with Crippen LogP contribution < -0.4 is 10.6 Å². The minimum atomic E-state index is -0.732. The van der Waals surface area contributed by atoms with Crippen LogP contribution in [0.4, 0.5) is 0 Å². The van der Waals surface area contributed by atoms with Crippen LogP contribution in [-0.4, -0.2) is 42.3 Å². The Hall–Kier alpha value is -2.21. The Balaban J connectivity index is 1.75. The summed E-state index contributed by atoms with van der Waals surface area (Å²) in [5.74, 6) is -1.14. The Morgan fingerprint density at radius 2 is 2.10 bits per heavy atom. The lowest BCUT2D eigenvalue weighted by Crippen LogP contribution is -2.45. The van der Waals surface area contributed by atoms with E-state index in [0.29, 0.717) is 6.54 Å². The van der Waals surface area contributed by atoms with E-state index < -0.39 is 6.04 Å². The van der Waals surface area contributed by atoms with E-state index in [1.165, 1.54) is 7.05 Å². The molecule has 1 aromatic rings. The molecule has 0 radical (unpaired) electrons. The first-order valence-corrected chi connectivity index (χ1v) is 6.97. The van der Waals surface area contributed by atoms with Crippen molar-refractivity contribution in [1.82, 2.24) is 15.5 Å². The van der Waals surface area contributed by atoms with E-state index in [1.54, 1.807) is 0 Å². The second-order valence-electron chi connectivity index (χ2n) is 5.44. The zero-order valence-electron chi connectivity index (χ0n) is 11.8. The van der Waals surface area contributed by atoms with E-state index in [0.717, 1.165) is 22.6 Å². The molecule has 2 atom stereocenters. The first kappa shape index (κ1) is 13.8. The quantitative estimate of drug-likeness (QED) is 0.735. The van der Waals surface area contributed by atoms with Crippen molar-refractivity contribution in [3.05, 3.63) is 35.4 Å². The van der Waals surface area contributed by atoms with Gasteiger partial charge in [-0.2, -0.15) is 0 Å². The fourth-order valence-corrected chi connectivity index (χ4v) is 2.87. The number of carbonyl (C=O) groups is 3. The number of likely N-dealkylation sites (tertiary alicyclic amines) is 1. The van der Waals surface area contributed by atoms with Crippen molar-refractivity contribution in [2.75, 3.05) is 13.6 Å². The molecule has 0 saturated carbocycles. The summed E-state index contributed by atoms with van der Waals surface area (Å²) in [6, 6.07) is 7.04. The first-order chi connectivity index (χ1) is 10.1. The normalized spacial score (nSPS) is 24.9. The molecule has 3 amide bonds. The molecule has 1 fully saturated rings. The van der Waals surface area contributed by atoms with E-state index in [-0.39, 0.29) is 30.1 Å². The van der Waals surface area contributed by atoms with Gasteiger partial charge in [0.2, 0.25) is 11.8 Å². The van der Waals surface area contributed by atoms with Crippen LogP contribution >= 0.6 is 0 Å². The van der Waals surface area contributed by atoms with Gasteiger partial charge in [-0.25, -0.2) is 0 Å². The molecule has 6 nitrogen and oxygen atoms in total. The number of likely N-dealkylation sites (N-methyl/N-ethyl adjacent to an activating group) is 1. The maximum Gasteiger partial charge on any atom is 0.252 e. The van der Waals surface area contributed by atoms with Gasteiger partial charge in [-0.1, -0.05) is 24.3 Å². The number of hydrogen-bond donors (Lipinski definition) is 2. The van der Waals surface area contributed by atoms with Crippen molar-refractivity contribution < 1.29 is 14.4 Å². The third-order valence-corrected chi connectivity index (χ3v) is 4.11. The van der Waals surface area contributed by atoms with Gasteiger partial charge in [-0.15, -0.1) is 0 Å². The van der Waals surface area contributed by atoms with E-state index >= 15 is 0 Å². The zero-order valence-corrected chi connectivity index (χ0v) is 11.8. The molecule has 0 aromatic heterocycles. The number of nitrogens with zero attached hydrogens (tertiary/aromatic N) is 1. The third kappa shape index (κ3) is 2.42. The average molecular weight is 287 g/mol. The van der Waals surface area contributed by atoms with Crippen molar-refractivity contribution in [3.63, 3.8) is 0 Å². The number of fused-ring (bicyclic) bond motifs is 1. The highest BCUT2D eigenvalue weighted by atomic mass is 16.2. The second-order valence-corrected chi connectivity index (χ2v) is 5.44. The lowest BCUT2D eigenvalue weighted by Gasteiger charge is -2.26. The maximum absolute atomic E-state index is 12.4. The Morgan fingerprint density at radius 3 is 2.81 bits per heavy atom. The molecule has 21 heavy (non-hydrogen) atoms. The van der Waals surface area contributed by atoms with E-state index in [4.69, 9.17) is 0 Å². The van der Waals surface area contributed by atoms with Crippen LogP contribution in [0.2, 0.25) is 0 Å². The van der Waals surface area contributed by atoms with Gasteiger partial charge in [0.25, 0.3) is 5.91 Å². The molecule has 6 heteroatoms. The number of rotatable bonds is 2. The van der Waals surface area contributed by atoms with Gasteiger partial charge in [0.05, 0.1) is 12.3 Å². The molecule has 1 saturated heterocycles. The summed E-state index contributed by atoms with van der Waals surface area (Å²) in [4.78, 5) is 36.9. The van der Waals surface area contributed by atoms with Crippen LogP contribution in [-0.2, 0) is 20.9 Å². The van der Waals surface area contributed by atoms with Crippen LogP contribution in [0.5, 0.6) is 0 Å². The predicted molar refractivity (Wildman–Crippen MR) is 75.2 cm³/mol. The summed E-state index contributed by atoms with van der Waals surface area (Å²) in [6.45, 7) is 1.27. The molecule has 2 unspecified atom stereocenters. The predicted octanol–water partition coefficient (Wildman–Crippen LogP) is -0.253. The van der Waals surface area contributed by atoms with Crippen LogP contribution in [0.25, 0.3) is 0 Å². The molecular formula is C15H17N3O3. The molecule has 2 aliphatic heterocycles. The van der Waals surface area contributed by atoms with Gasteiger partial charge in [0.15, 0.2) is 0 Å². The number of imide groups is 1. The Morgan fingerprint density at radius 1 is 1.33 bits per heavy atom. The highest BCUT2D eigenvalue weighted by Crippen LogP contribution is 2.24. The monoisotopic (exact) mass is 287 g/mol. The summed E-state index contributed by atoms with van der Waals surface area (Å²) >= 11 is 0. The molecule has 2 heterocycles. The van der Waals surface area contributed by atoms with Gasteiger partial charge < -0.3 is 10.6 Å². The van der Waals surface area contributed by atoms with E-state index in [1.807, 2.05) is 24.3 Å². The zero-order chi connectivity index (χ0) is 15.0. The SMILES string of the molecule is CN1C(=O)CC(NC(=O)C2CNCc3ccccc32)C1=O. The van der Waals surface area contributed by atoms with Crippen molar-refractivity contribution in [2.24, 2.45) is 0 Å². The number of amides is 3. The minimum absolute atomic E-state index is 0.0445. The molecule has 0 aliphatic carbocycles. The highest BCUT2D eigenvalue weighted by Gasteiger charge is 2.38. The van der Waals surface area contributed by atoms with Gasteiger partial charge in [0.1, 0.15) is 6.04 Å². The largest absolute Gasteiger partial charge is 0.343 e. The first-order valence-electron chi connectivity index (χ1n) is 6.97. The summed E-state index contributed by atoms with van der Waals surface area (Å²) in [5.41, 5.74) is 2.08. The summed E-state index contributed by atoms with van der Waals surface area (Å²) in [6.07, 6.45) is 0.0445. The lowest BCUT2D eigenvalue weighted by molar-refractivity contribution is -0.138. The molecule has 3 rings (SSSR count). The van der Waals surface area contributed by atoms with Gasteiger partial charge in [0, 0.05) is 20.1 Å².